The van der Waals surface area contributed by atoms with Crippen LogP contribution in [0.25, 0.3) is 11.0 Å². The number of fused-ring (bicyclic) bond motifs is 1. The Morgan fingerprint density at radius 2 is 2.00 bits per heavy atom. The first-order chi connectivity index (χ1) is 8.42. The minimum absolute atomic E-state index is 0.0679. The zero-order valence-electron chi connectivity index (χ0n) is 10.5. The predicted molar refractivity (Wildman–Crippen MR) is 72.0 cm³/mol. The Kier molecular flexibility index (Phi) is 3.27. The van der Waals surface area contributed by atoms with E-state index in [1.807, 2.05) is 42.8 Å². The van der Waals surface area contributed by atoms with Crippen LogP contribution in [0.4, 0.5) is 5.95 Å². The van der Waals surface area contributed by atoms with Crippen LogP contribution in [0.3, 0.4) is 0 Å². The second kappa shape index (κ2) is 4.58. The lowest BCUT2D eigenvalue weighted by Gasteiger charge is -2.16. The molecule has 1 aromatic carbocycles. The van der Waals surface area contributed by atoms with Crippen molar-refractivity contribution in [3.05, 3.63) is 24.3 Å². The molecule has 1 aromatic heterocycles. The van der Waals surface area contributed by atoms with Gasteiger partial charge in [-0.2, -0.15) is 0 Å². The molecule has 1 atom stereocenters. The average Bonchev–Trinajstić information content (AvgIpc) is 2.63. The number of para-hydroxylation sites is 2. The van der Waals surface area contributed by atoms with Gasteiger partial charge in [0.1, 0.15) is 0 Å². The fourth-order valence-electron chi connectivity index (χ4n) is 1.80. The first-order valence-electron chi connectivity index (χ1n) is 5.54. The van der Waals surface area contributed by atoms with Crippen molar-refractivity contribution >= 4 is 27.0 Å². The van der Waals surface area contributed by atoms with Gasteiger partial charge in [0.25, 0.3) is 0 Å². The predicted octanol–water partition coefficient (Wildman–Crippen LogP) is 1.15. The van der Waals surface area contributed by atoms with Crippen molar-refractivity contribution in [2.75, 3.05) is 18.0 Å². The quantitative estimate of drug-likeness (QED) is 0.872. The fraction of sp³-hybridized carbons (Fsp3) is 0.364. The highest BCUT2D eigenvalue weighted by Gasteiger charge is 2.16. The van der Waals surface area contributed by atoms with Crippen molar-refractivity contribution in [3.8, 4) is 0 Å². The highest BCUT2D eigenvalue weighted by atomic mass is 32.2. The molecule has 0 bridgehead atoms. The number of sulfonamides is 1. The van der Waals surface area contributed by atoms with Gasteiger partial charge in [-0.05, 0) is 26.1 Å². The summed E-state index contributed by atoms with van der Waals surface area (Å²) in [7, 11) is -1.54. The highest BCUT2D eigenvalue weighted by molar-refractivity contribution is 7.92. The zero-order valence-corrected chi connectivity index (χ0v) is 11.3. The number of aromatic nitrogens is 2. The Balaban J connectivity index is 2.64. The minimum atomic E-state index is -3.35. The van der Waals surface area contributed by atoms with Gasteiger partial charge in [0.2, 0.25) is 16.0 Å². The molecule has 1 heterocycles. The van der Waals surface area contributed by atoms with E-state index in [1.165, 1.54) is 0 Å². The Morgan fingerprint density at radius 1 is 1.33 bits per heavy atom. The molecule has 0 spiro atoms. The first kappa shape index (κ1) is 12.8. The smallest absolute Gasteiger partial charge is 0.232 e. The van der Waals surface area contributed by atoms with Gasteiger partial charge in [0, 0.05) is 0 Å². The number of hydrogen-bond donors (Lipinski definition) is 2. The number of hydrogen-bond acceptors (Lipinski definition) is 4. The molecule has 0 radical (unpaired) electrons. The van der Waals surface area contributed by atoms with Crippen molar-refractivity contribution in [3.63, 3.8) is 0 Å². The molecule has 6 nitrogen and oxygen atoms in total. The molecule has 2 rings (SSSR count). The molecule has 0 aliphatic heterocycles. The van der Waals surface area contributed by atoms with Crippen molar-refractivity contribution < 1.29 is 8.42 Å². The molecule has 98 valence electrons. The van der Waals surface area contributed by atoms with E-state index in [0.29, 0.717) is 5.95 Å². The first-order valence-corrected chi connectivity index (χ1v) is 7.43. The molecule has 1 unspecified atom stereocenters. The van der Waals surface area contributed by atoms with E-state index in [-0.39, 0.29) is 6.17 Å². The van der Waals surface area contributed by atoms with Crippen molar-refractivity contribution in [2.24, 2.45) is 0 Å². The van der Waals surface area contributed by atoms with Gasteiger partial charge in [-0.15, -0.1) is 0 Å². The van der Waals surface area contributed by atoms with Gasteiger partial charge < -0.3 is 5.32 Å². The molecule has 0 saturated heterocycles. The molecule has 0 fully saturated rings. The van der Waals surface area contributed by atoms with Gasteiger partial charge in [-0.3, -0.25) is 9.29 Å². The number of nitrogens with zero attached hydrogens (tertiary/aromatic N) is 2. The lowest BCUT2D eigenvalue weighted by molar-refractivity contribution is 0.494. The molecular weight excluding hydrogens is 252 g/mol. The van der Waals surface area contributed by atoms with Gasteiger partial charge >= 0.3 is 0 Å². The van der Waals surface area contributed by atoms with Crippen molar-refractivity contribution in [2.45, 2.75) is 13.1 Å². The Hall–Kier alpha value is -1.60. The molecule has 0 saturated carbocycles. The lowest BCUT2D eigenvalue weighted by atomic mass is 10.3. The largest absolute Gasteiger partial charge is 0.300 e. The summed E-state index contributed by atoms with van der Waals surface area (Å²) in [6.07, 6.45) is 1.04. The maximum Gasteiger partial charge on any atom is 0.232 e. The van der Waals surface area contributed by atoms with Crippen LogP contribution in [0.1, 0.15) is 13.1 Å². The second-order valence-electron chi connectivity index (χ2n) is 4.13. The summed E-state index contributed by atoms with van der Waals surface area (Å²) < 4.78 is 27.0. The van der Waals surface area contributed by atoms with E-state index in [1.54, 1.807) is 0 Å². The highest BCUT2D eigenvalue weighted by Crippen LogP contribution is 2.23. The number of rotatable bonds is 4. The Morgan fingerprint density at radius 3 is 2.61 bits per heavy atom. The average molecular weight is 268 g/mol. The van der Waals surface area contributed by atoms with Crippen LogP contribution in [0.2, 0.25) is 0 Å². The fourth-order valence-corrected chi connectivity index (χ4v) is 2.28. The summed E-state index contributed by atoms with van der Waals surface area (Å²) in [6, 6.07) is 7.52. The van der Waals surface area contributed by atoms with Crippen molar-refractivity contribution in [1.82, 2.24) is 14.9 Å². The molecule has 2 N–H and O–H groups in total. The number of imidazole rings is 1. The second-order valence-corrected chi connectivity index (χ2v) is 5.88. The monoisotopic (exact) mass is 268 g/mol. The lowest BCUT2D eigenvalue weighted by Crippen LogP contribution is -2.23. The maximum absolute atomic E-state index is 11.4. The van der Waals surface area contributed by atoms with Crippen LogP contribution in [-0.4, -0.2) is 31.3 Å². The van der Waals surface area contributed by atoms with Gasteiger partial charge in [-0.25, -0.2) is 13.4 Å². The van der Waals surface area contributed by atoms with E-state index in [4.69, 9.17) is 0 Å². The third kappa shape index (κ3) is 2.46. The summed E-state index contributed by atoms with van der Waals surface area (Å²) in [4.78, 5) is 4.30. The zero-order chi connectivity index (χ0) is 13.3. The molecule has 0 aliphatic rings. The molecule has 0 amide bonds. The summed E-state index contributed by atoms with van der Waals surface area (Å²) in [6.45, 7) is 1.93. The van der Waals surface area contributed by atoms with Crippen LogP contribution >= 0.6 is 0 Å². The van der Waals surface area contributed by atoms with Crippen molar-refractivity contribution in [1.29, 1.82) is 0 Å². The molecule has 0 aliphatic carbocycles. The van der Waals surface area contributed by atoms with E-state index >= 15 is 0 Å². The molecule has 2 aromatic rings. The van der Waals surface area contributed by atoms with Gasteiger partial charge in [0.05, 0.1) is 23.5 Å². The van der Waals surface area contributed by atoms with Crippen LogP contribution < -0.4 is 10.0 Å². The standard InChI is InChI=1S/C11H16N4O2S/c1-8(12-2)15-10-7-5-4-6-9(10)13-11(15)14-18(3,16)17/h4-8,12H,1-3H3,(H,13,14). The normalized spacial score (nSPS) is 13.7. The number of nitrogens with one attached hydrogen (secondary N) is 2. The third-order valence-electron chi connectivity index (χ3n) is 2.68. The van der Waals surface area contributed by atoms with E-state index in [9.17, 15) is 8.42 Å². The summed E-state index contributed by atoms with van der Waals surface area (Å²) in [5.74, 6) is 0.320. The summed E-state index contributed by atoms with van der Waals surface area (Å²) >= 11 is 0. The van der Waals surface area contributed by atoms with E-state index < -0.39 is 10.0 Å². The third-order valence-corrected chi connectivity index (χ3v) is 3.23. The van der Waals surface area contributed by atoms with Crippen LogP contribution in [-0.2, 0) is 10.0 Å². The molecule has 7 heteroatoms. The van der Waals surface area contributed by atoms with Gasteiger partial charge in [-0.1, -0.05) is 12.1 Å². The van der Waals surface area contributed by atoms with Crippen LogP contribution in [0, 0.1) is 0 Å². The number of anilines is 1. The van der Waals surface area contributed by atoms with Crippen LogP contribution in [0.5, 0.6) is 0 Å². The van der Waals surface area contributed by atoms with Crippen LogP contribution in [0.15, 0.2) is 24.3 Å². The Labute approximate surface area is 106 Å². The minimum Gasteiger partial charge on any atom is -0.300 e. The Bertz CT molecular complexity index is 663. The number of benzene rings is 1. The van der Waals surface area contributed by atoms with E-state index in [0.717, 1.165) is 17.3 Å². The van der Waals surface area contributed by atoms with Gasteiger partial charge in [0.15, 0.2) is 0 Å². The van der Waals surface area contributed by atoms with E-state index in [2.05, 4.69) is 15.0 Å². The summed E-state index contributed by atoms with van der Waals surface area (Å²) in [5.41, 5.74) is 1.64. The molecule has 18 heavy (non-hydrogen) atoms. The maximum atomic E-state index is 11.4. The molecular formula is C11H16N4O2S. The topological polar surface area (TPSA) is 76.0 Å². The summed E-state index contributed by atoms with van der Waals surface area (Å²) in [5, 5.41) is 3.07. The SMILES string of the molecule is CNC(C)n1c(NS(C)(=O)=O)nc2ccccc21.